The van der Waals surface area contributed by atoms with Crippen LogP contribution < -0.4 is 5.32 Å². The number of ether oxygens (including phenoxy) is 1. The van der Waals surface area contributed by atoms with Gasteiger partial charge in [0.25, 0.3) is 0 Å². The second kappa shape index (κ2) is 5.59. The summed E-state index contributed by atoms with van der Waals surface area (Å²) in [7, 11) is 3.48. The van der Waals surface area contributed by atoms with Gasteiger partial charge in [-0.15, -0.1) is 0 Å². The van der Waals surface area contributed by atoms with Crippen LogP contribution in [0.15, 0.2) is 18.3 Å². The molecule has 0 atom stereocenters. The predicted molar refractivity (Wildman–Crippen MR) is 69.2 cm³/mol. The number of nitrogens with zero attached hydrogens (tertiary/aromatic N) is 4. The minimum atomic E-state index is 0.463. The minimum Gasteiger partial charge on any atom is -0.378 e. The summed E-state index contributed by atoms with van der Waals surface area (Å²) in [6.45, 7) is 3.29. The lowest BCUT2D eigenvalue weighted by Gasteiger charge is -2.08. The van der Waals surface area contributed by atoms with E-state index >= 15 is 0 Å². The van der Waals surface area contributed by atoms with E-state index < -0.39 is 0 Å². The topological polar surface area (TPSA) is 64.9 Å². The van der Waals surface area contributed by atoms with Gasteiger partial charge in [-0.1, -0.05) is 0 Å². The molecule has 0 saturated carbocycles. The molecular weight excluding hydrogens is 230 g/mol. The fourth-order valence-electron chi connectivity index (χ4n) is 1.74. The third-order valence-corrected chi connectivity index (χ3v) is 2.57. The van der Waals surface area contributed by atoms with Crippen molar-refractivity contribution in [1.82, 2.24) is 19.7 Å². The Balaban J connectivity index is 2.46. The maximum absolute atomic E-state index is 5.12. The fourth-order valence-corrected chi connectivity index (χ4v) is 1.74. The van der Waals surface area contributed by atoms with Crippen molar-refractivity contribution >= 4 is 5.82 Å². The summed E-state index contributed by atoms with van der Waals surface area (Å²) < 4.78 is 6.98. The zero-order valence-electron chi connectivity index (χ0n) is 10.8. The first-order valence-corrected chi connectivity index (χ1v) is 5.85. The van der Waals surface area contributed by atoms with E-state index in [-0.39, 0.29) is 0 Å². The Bertz CT molecular complexity index is 523. The van der Waals surface area contributed by atoms with Gasteiger partial charge < -0.3 is 10.1 Å². The monoisotopic (exact) mass is 247 g/mol. The third kappa shape index (κ3) is 2.48. The first-order chi connectivity index (χ1) is 8.78. The van der Waals surface area contributed by atoms with Gasteiger partial charge in [0.2, 0.25) is 0 Å². The Morgan fingerprint density at radius 1 is 1.39 bits per heavy atom. The van der Waals surface area contributed by atoms with E-state index in [1.807, 2.05) is 30.8 Å². The highest BCUT2D eigenvalue weighted by Crippen LogP contribution is 2.18. The summed E-state index contributed by atoms with van der Waals surface area (Å²) in [5, 5.41) is 7.26. The molecule has 18 heavy (non-hydrogen) atoms. The molecule has 0 saturated heterocycles. The largest absolute Gasteiger partial charge is 0.378 e. The summed E-state index contributed by atoms with van der Waals surface area (Å²) in [6.07, 6.45) is 1.75. The van der Waals surface area contributed by atoms with Crippen LogP contribution >= 0.6 is 0 Å². The molecule has 1 N–H and O–H groups in total. The van der Waals surface area contributed by atoms with Crippen LogP contribution in [-0.4, -0.2) is 33.9 Å². The fraction of sp³-hybridized carbons (Fsp3) is 0.417. The summed E-state index contributed by atoms with van der Waals surface area (Å²) in [6, 6.07) is 3.79. The molecule has 2 rings (SSSR count). The number of aryl methyl sites for hydroxylation is 1. The van der Waals surface area contributed by atoms with E-state index in [1.165, 1.54) is 0 Å². The van der Waals surface area contributed by atoms with E-state index in [2.05, 4.69) is 20.4 Å². The molecule has 0 aliphatic rings. The number of rotatable bonds is 5. The first kappa shape index (κ1) is 12.5. The molecule has 6 nitrogen and oxygen atoms in total. The van der Waals surface area contributed by atoms with Gasteiger partial charge in [0.05, 0.1) is 12.3 Å². The maximum Gasteiger partial charge on any atom is 0.180 e. The normalized spacial score (nSPS) is 10.6. The van der Waals surface area contributed by atoms with Gasteiger partial charge in [-0.2, -0.15) is 5.10 Å². The van der Waals surface area contributed by atoms with Crippen LogP contribution in [-0.2, 0) is 17.9 Å². The number of aromatic nitrogens is 4. The summed E-state index contributed by atoms with van der Waals surface area (Å²) in [4.78, 5) is 8.93. The molecule has 2 aromatic heterocycles. The highest BCUT2D eigenvalue weighted by Gasteiger charge is 2.10. The van der Waals surface area contributed by atoms with Gasteiger partial charge in [-0.25, -0.2) is 9.97 Å². The van der Waals surface area contributed by atoms with Crippen LogP contribution in [0.2, 0.25) is 0 Å². The molecule has 0 aliphatic heterocycles. The lowest BCUT2D eigenvalue weighted by Crippen LogP contribution is -2.05. The molecule has 2 heterocycles. The van der Waals surface area contributed by atoms with E-state index in [9.17, 15) is 0 Å². The summed E-state index contributed by atoms with van der Waals surface area (Å²) in [5.74, 6) is 1.43. The standard InChI is InChI=1S/C12H17N5O/c1-4-17-10(5-6-14-17)12-15-9(8-18-3)7-11(13-2)16-12/h5-7H,4,8H2,1-3H3,(H,13,15,16). The molecule has 96 valence electrons. The van der Waals surface area contributed by atoms with Crippen molar-refractivity contribution in [2.45, 2.75) is 20.1 Å². The van der Waals surface area contributed by atoms with Crippen molar-refractivity contribution in [3.8, 4) is 11.5 Å². The van der Waals surface area contributed by atoms with Crippen molar-refractivity contribution in [2.24, 2.45) is 0 Å². The van der Waals surface area contributed by atoms with Gasteiger partial charge in [0, 0.05) is 33.0 Å². The molecule has 6 heteroatoms. The van der Waals surface area contributed by atoms with Crippen molar-refractivity contribution < 1.29 is 4.74 Å². The van der Waals surface area contributed by atoms with Gasteiger partial charge in [0.1, 0.15) is 11.5 Å². The lowest BCUT2D eigenvalue weighted by molar-refractivity contribution is 0.181. The number of nitrogens with one attached hydrogen (secondary N) is 1. The van der Waals surface area contributed by atoms with Gasteiger partial charge in [-0.3, -0.25) is 4.68 Å². The van der Waals surface area contributed by atoms with Crippen molar-refractivity contribution in [3.63, 3.8) is 0 Å². The highest BCUT2D eigenvalue weighted by atomic mass is 16.5. The van der Waals surface area contributed by atoms with E-state index in [4.69, 9.17) is 4.74 Å². The van der Waals surface area contributed by atoms with Crippen molar-refractivity contribution in [2.75, 3.05) is 19.5 Å². The number of methoxy groups -OCH3 is 1. The van der Waals surface area contributed by atoms with Crippen LogP contribution in [0.5, 0.6) is 0 Å². The Morgan fingerprint density at radius 2 is 2.22 bits per heavy atom. The third-order valence-electron chi connectivity index (χ3n) is 2.57. The summed E-state index contributed by atoms with van der Waals surface area (Å²) >= 11 is 0. The molecular formula is C12H17N5O. The van der Waals surface area contributed by atoms with Crippen molar-refractivity contribution in [3.05, 3.63) is 24.0 Å². The van der Waals surface area contributed by atoms with Gasteiger partial charge in [0.15, 0.2) is 5.82 Å². The Kier molecular flexibility index (Phi) is 3.88. The van der Waals surface area contributed by atoms with Crippen LogP contribution in [0, 0.1) is 0 Å². The second-order valence-electron chi connectivity index (χ2n) is 3.78. The number of hydrogen-bond donors (Lipinski definition) is 1. The lowest BCUT2D eigenvalue weighted by atomic mass is 10.3. The van der Waals surface area contributed by atoms with Crippen LogP contribution in [0.25, 0.3) is 11.5 Å². The zero-order chi connectivity index (χ0) is 13.0. The zero-order valence-corrected chi connectivity index (χ0v) is 10.8. The molecule has 0 aromatic carbocycles. The molecule has 0 radical (unpaired) electrons. The number of hydrogen-bond acceptors (Lipinski definition) is 5. The van der Waals surface area contributed by atoms with Crippen LogP contribution in [0.1, 0.15) is 12.6 Å². The molecule has 0 fully saturated rings. The molecule has 0 bridgehead atoms. The van der Waals surface area contributed by atoms with Gasteiger partial charge in [-0.05, 0) is 13.0 Å². The average molecular weight is 247 g/mol. The Morgan fingerprint density at radius 3 is 2.89 bits per heavy atom. The highest BCUT2D eigenvalue weighted by molar-refractivity contribution is 5.53. The Labute approximate surface area is 106 Å². The predicted octanol–water partition coefficient (Wildman–Crippen LogP) is 1.55. The second-order valence-corrected chi connectivity index (χ2v) is 3.78. The summed E-state index contributed by atoms with van der Waals surface area (Å²) in [5.41, 5.74) is 1.75. The van der Waals surface area contributed by atoms with Crippen LogP contribution in [0.4, 0.5) is 5.82 Å². The molecule has 0 aliphatic carbocycles. The van der Waals surface area contributed by atoms with E-state index in [0.29, 0.717) is 12.4 Å². The van der Waals surface area contributed by atoms with E-state index in [1.54, 1.807) is 13.3 Å². The molecule has 0 amide bonds. The van der Waals surface area contributed by atoms with E-state index in [0.717, 1.165) is 23.8 Å². The number of anilines is 1. The smallest absolute Gasteiger partial charge is 0.180 e. The molecule has 0 spiro atoms. The minimum absolute atomic E-state index is 0.463. The van der Waals surface area contributed by atoms with Crippen molar-refractivity contribution in [1.29, 1.82) is 0 Å². The average Bonchev–Trinajstić information content (AvgIpc) is 2.87. The SMILES string of the molecule is CCn1nccc1-c1nc(COC)cc(NC)n1. The quantitative estimate of drug-likeness (QED) is 0.868. The van der Waals surface area contributed by atoms with Crippen LogP contribution in [0.3, 0.4) is 0 Å². The molecule has 2 aromatic rings. The Hall–Kier alpha value is -1.95. The maximum atomic E-state index is 5.12. The van der Waals surface area contributed by atoms with Gasteiger partial charge >= 0.3 is 0 Å². The molecule has 0 unspecified atom stereocenters. The first-order valence-electron chi connectivity index (χ1n) is 5.85.